The summed E-state index contributed by atoms with van der Waals surface area (Å²) in [5, 5.41) is 10.5. The van der Waals surface area contributed by atoms with Gasteiger partial charge in [-0.05, 0) is 49.5 Å². The van der Waals surface area contributed by atoms with Gasteiger partial charge < -0.3 is 9.84 Å². The second-order valence-corrected chi connectivity index (χ2v) is 5.66. The number of hydrogen-bond acceptors (Lipinski definition) is 2. The average Bonchev–Trinajstić information content (AvgIpc) is 3.29. The highest BCUT2D eigenvalue weighted by Gasteiger charge is 2.49. The molecule has 0 heterocycles. The molecule has 1 N–H and O–H groups in total. The molecule has 2 saturated carbocycles. The van der Waals surface area contributed by atoms with E-state index >= 15 is 0 Å². The highest BCUT2D eigenvalue weighted by molar-refractivity contribution is 5.26. The van der Waals surface area contributed by atoms with E-state index in [1.165, 1.54) is 18.4 Å². The Hall–Kier alpha value is -0.860. The maximum absolute atomic E-state index is 10.5. The number of aliphatic hydroxyl groups excluding tert-OH is 1. The molecule has 98 valence electrons. The molecule has 2 aliphatic rings. The van der Waals surface area contributed by atoms with Crippen molar-refractivity contribution >= 4 is 0 Å². The summed E-state index contributed by atoms with van der Waals surface area (Å²) >= 11 is 0. The van der Waals surface area contributed by atoms with E-state index in [9.17, 15) is 5.11 Å². The summed E-state index contributed by atoms with van der Waals surface area (Å²) in [6.45, 7) is 2.73. The molecule has 2 nitrogen and oxygen atoms in total. The predicted octanol–water partition coefficient (Wildman–Crippen LogP) is 2.97. The fourth-order valence-corrected chi connectivity index (χ4v) is 3.05. The third-order valence-electron chi connectivity index (χ3n) is 4.29. The van der Waals surface area contributed by atoms with Crippen LogP contribution < -0.4 is 0 Å². The summed E-state index contributed by atoms with van der Waals surface area (Å²) in [5.41, 5.74) is 1.37. The highest BCUT2D eigenvalue weighted by atomic mass is 16.5. The van der Waals surface area contributed by atoms with Gasteiger partial charge in [-0.15, -0.1) is 0 Å². The molecule has 0 amide bonds. The quantitative estimate of drug-likeness (QED) is 0.836. The van der Waals surface area contributed by atoms with Gasteiger partial charge in [0, 0.05) is 6.61 Å². The van der Waals surface area contributed by atoms with Crippen LogP contribution in [0.15, 0.2) is 30.3 Å². The minimum Gasteiger partial charge on any atom is -0.390 e. The first kappa shape index (κ1) is 12.2. The molecule has 0 spiro atoms. The Morgan fingerprint density at radius 3 is 2.61 bits per heavy atom. The van der Waals surface area contributed by atoms with Crippen LogP contribution in [0.1, 0.15) is 37.7 Å². The van der Waals surface area contributed by atoms with Crippen molar-refractivity contribution in [1.29, 1.82) is 0 Å². The van der Waals surface area contributed by atoms with Crippen molar-refractivity contribution in [3.05, 3.63) is 35.9 Å². The van der Waals surface area contributed by atoms with Crippen molar-refractivity contribution in [2.75, 3.05) is 6.61 Å². The van der Waals surface area contributed by atoms with Crippen molar-refractivity contribution in [2.24, 2.45) is 11.8 Å². The summed E-state index contributed by atoms with van der Waals surface area (Å²) in [7, 11) is 0. The van der Waals surface area contributed by atoms with Crippen LogP contribution >= 0.6 is 0 Å². The zero-order valence-electron chi connectivity index (χ0n) is 11.0. The van der Waals surface area contributed by atoms with Crippen LogP contribution in [0.2, 0.25) is 0 Å². The SMILES string of the molecule is CCOC(C1CC1)C(O)C1CC1c1ccccc1. The van der Waals surface area contributed by atoms with Gasteiger partial charge in [0.25, 0.3) is 0 Å². The Kier molecular flexibility index (Phi) is 3.40. The topological polar surface area (TPSA) is 29.5 Å². The number of aliphatic hydroxyl groups is 1. The van der Waals surface area contributed by atoms with E-state index in [0.717, 1.165) is 6.42 Å². The third kappa shape index (κ3) is 2.45. The molecule has 2 fully saturated rings. The first-order valence-electron chi connectivity index (χ1n) is 7.16. The Bertz CT molecular complexity index is 385. The average molecular weight is 246 g/mol. The monoisotopic (exact) mass is 246 g/mol. The first-order chi connectivity index (χ1) is 8.81. The lowest BCUT2D eigenvalue weighted by molar-refractivity contribution is -0.0542. The summed E-state index contributed by atoms with van der Waals surface area (Å²) in [4.78, 5) is 0. The van der Waals surface area contributed by atoms with Gasteiger partial charge >= 0.3 is 0 Å². The molecule has 0 radical (unpaired) electrons. The molecule has 0 saturated heterocycles. The van der Waals surface area contributed by atoms with Gasteiger partial charge in [-0.2, -0.15) is 0 Å². The Morgan fingerprint density at radius 1 is 1.28 bits per heavy atom. The number of benzene rings is 1. The Morgan fingerprint density at radius 2 is 2.00 bits per heavy atom. The van der Waals surface area contributed by atoms with Crippen LogP contribution in [-0.2, 0) is 4.74 Å². The van der Waals surface area contributed by atoms with Crippen LogP contribution in [0.4, 0.5) is 0 Å². The number of ether oxygens (including phenoxy) is 1. The third-order valence-corrected chi connectivity index (χ3v) is 4.29. The maximum atomic E-state index is 10.5. The van der Waals surface area contributed by atoms with E-state index in [-0.39, 0.29) is 12.2 Å². The second kappa shape index (κ2) is 5.02. The van der Waals surface area contributed by atoms with Gasteiger partial charge in [0.15, 0.2) is 0 Å². The summed E-state index contributed by atoms with van der Waals surface area (Å²) in [5.74, 6) is 1.56. The normalized spacial score (nSPS) is 29.9. The Labute approximate surface area is 109 Å². The Balaban J connectivity index is 1.62. The highest BCUT2D eigenvalue weighted by Crippen LogP contribution is 2.52. The van der Waals surface area contributed by atoms with Gasteiger partial charge in [-0.25, -0.2) is 0 Å². The van der Waals surface area contributed by atoms with Crippen molar-refractivity contribution < 1.29 is 9.84 Å². The van der Waals surface area contributed by atoms with E-state index in [0.29, 0.717) is 24.4 Å². The maximum Gasteiger partial charge on any atom is 0.0864 e. The van der Waals surface area contributed by atoms with E-state index in [4.69, 9.17) is 4.74 Å². The molecule has 2 heteroatoms. The fourth-order valence-electron chi connectivity index (χ4n) is 3.05. The van der Waals surface area contributed by atoms with E-state index < -0.39 is 0 Å². The van der Waals surface area contributed by atoms with Gasteiger partial charge in [-0.3, -0.25) is 0 Å². The van der Waals surface area contributed by atoms with Crippen LogP contribution in [-0.4, -0.2) is 23.9 Å². The molecule has 18 heavy (non-hydrogen) atoms. The van der Waals surface area contributed by atoms with Gasteiger partial charge in [0.1, 0.15) is 0 Å². The van der Waals surface area contributed by atoms with Crippen LogP contribution in [0.5, 0.6) is 0 Å². The zero-order chi connectivity index (χ0) is 12.5. The molecular weight excluding hydrogens is 224 g/mol. The molecule has 2 aliphatic carbocycles. The van der Waals surface area contributed by atoms with E-state index in [1.54, 1.807) is 0 Å². The summed E-state index contributed by atoms with van der Waals surface area (Å²) in [6.07, 6.45) is 3.37. The summed E-state index contributed by atoms with van der Waals surface area (Å²) < 4.78 is 5.76. The molecule has 0 bridgehead atoms. The smallest absolute Gasteiger partial charge is 0.0864 e. The van der Waals surface area contributed by atoms with E-state index in [2.05, 4.69) is 24.3 Å². The molecule has 1 aromatic carbocycles. The van der Waals surface area contributed by atoms with Crippen molar-refractivity contribution in [3.63, 3.8) is 0 Å². The lowest BCUT2D eigenvalue weighted by Crippen LogP contribution is -2.33. The number of rotatable bonds is 6. The molecule has 0 aliphatic heterocycles. The molecule has 4 unspecified atom stereocenters. The number of hydrogen-bond donors (Lipinski definition) is 1. The van der Waals surface area contributed by atoms with E-state index in [1.807, 2.05) is 13.0 Å². The molecule has 4 atom stereocenters. The minimum atomic E-state index is -0.275. The van der Waals surface area contributed by atoms with Gasteiger partial charge in [0.05, 0.1) is 12.2 Å². The molecule has 1 aromatic rings. The van der Waals surface area contributed by atoms with Gasteiger partial charge in [0.2, 0.25) is 0 Å². The fraction of sp³-hybridized carbons (Fsp3) is 0.625. The lowest BCUT2D eigenvalue weighted by atomic mass is 10.0. The summed E-state index contributed by atoms with van der Waals surface area (Å²) in [6, 6.07) is 10.6. The molecule has 3 rings (SSSR count). The predicted molar refractivity (Wildman–Crippen MR) is 71.4 cm³/mol. The lowest BCUT2D eigenvalue weighted by Gasteiger charge is -2.23. The zero-order valence-corrected chi connectivity index (χ0v) is 11.0. The second-order valence-electron chi connectivity index (χ2n) is 5.66. The minimum absolute atomic E-state index is 0.0775. The van der Waals surface area contributed by atoms with Crippen LogP contribution in [0.3, 0.4) is 0 Å². The van der Waals surface area contributed by atoms with Crippen LogP contribution in [0.25, 0.3) is 0 Å². The molecular formula is C16H22O2. The largest absolute Gasteiger partial charge is 0.390 e. The van der Waals surface area contributed by atoms with Crippen LogP contribution in [0, 0.1) is 11.8 Å². The van der Waals surface area contributed by atoms with Crippen molar-refractivity contribution in [1.82, 2.24) is 0 Å². The van der Waals surface area contributed by atoms with Crippen molar-refractivity contribution in [2.45, 2.75) is 44.3 Å². The standard InChI is InChI=1S/C16H22O2/c1-2-18-16(12-8-9-12)15(17)14-10-13(14)11-6-4-3-5-7-11/h3-7,12-17H,2,8-10H2,1H3. The van der Waals surface area contributed by atoms with Crippen molar-refractivity contribution in [3.8, 4) is 0 Å². The molecule has 0 aromatic heterocycles. The first-order valence-corrected chi connectivity index (χ1v) is 7.16. The van der Waals surface area contributed by atoms with Gasteiger partial charge in [-0.1, -0.05) is 30.3 Å².